The quantitative estimate of drug-likeness (QED) is 0.114. The van der Waals surface area contributed by atoms with Gasteiger partial charge in [0.1, 0.15) is 18.3 Å². The lowest BCUT2D eigenvalue weighted by atomic mass is 9.42. The van der Waals surface area contributed by atoms with E-state index in [-0.39, 0.29) is 42.6 Å². The van der Waals surface area contributed by atoms with E-state index in [1.54, 1.807) is 0 Å². The first kappa shape index (κ1) is 38.4. The third kappa shape index (κ3) is 6.66. The van der Waals surface area contributed by atoms with Gasteiger partial charge >= 0.3 is 10.4 Å². The summed E-state index contributed by atoms with van der Waals surface area (Å²) in [4.78, 5) is 0. The molecule has 4 aliphatic carbocycles. The molecule has 0 radical (unpaired) electrons. The highest BCUT2D eigenvalue weighted by Crippen LogP contribution is 2.69. The largest absolute Gasteiger partial charge is 0.399 e. The molecule has 0 aromatic carbocycles. The molecule has 0 amide bonds. The van der Waals surface area contributed by atoms with Crippen molar-refractivity contribution in [3.05, 3.63) is 12.2 Å². The lowest BCUT2D eigenvalue weighted by Gasteiger charge is -2.65. The van der Waals surface area contributed by atoms with Crippen LogP contribution in [0.1, 0.15) is 73.1 Å². The van der Waals surface area contributed by atoms with Crippen LogP contribution in [0.2, 0.25) is 0 Å². The highest BCUT2D eigenvalue weighted by Gasteiger charge is 2.72. The van der Waals surface area contributed by atoms with E-state index < -0.39 is 94.0 Å². The van der Waals surface area contributed by atoms with E-state index in [1.807, 2.05) is 39.8 Å². The molecule has 48 heavy (non-hydrogen) atoms. The van der Waals surface area contributed by atoms with Crippen molar-refractivity contribution in [3.63, 3.8) is 0 Å². The van der Waals surface area contributed by atoms with Gasteiger partial charge in [0, 0.05) is 18.3 Å². The van der Waals surface area contributed by atoms with Gasteiger partial charge in [-0.1, -0.05) is 46.8 Å². The third-order valence-electron chi connectivity index (χ3n) is 13.1. The van der Waals surface area contributed by atoms with Crippen molar-refractivity contribution >= 4 is 10.4 Å². The highest BCUT2D eigenvalue weighted by atomic mass is 32.3. The molecule has 18 atom stereocenters. The summed E-state index contributed by atoms with van der Waals surface area (Å²) >= 11 is 0. The zero-order valence-electron chi connectivity index (χ0n) is 28.3. The molecule has 1 heterocycles. The van der Waals surface area contributed by atoms with Gasteiger partial charge in [0.25, 0.3) is 0 Å². The SMILES string of the molecule is CC(C)C(C=CC(C)C1C(O)C(O)C2C1(C)CCC1C3(C)CCC(O)CC3C(O)CC12O)COC1OC(OS(=O)(=O)O)C(O)C(O)C1O. The van der Waals surface area contributed by atoms with E-state index in [9.17, 15) is 49.3 Å². The van der Waals surface area contributed by atoms with Crippen molar-refractivity contribution in [1.82, 2.24) is 0 Å². The van der Waals surface area contributed by atoms with Crippen LogP contribution in [0.5, 0.6) is 0 Å². The lowest BCUT2D eigenvalue weighted by molar-refractivity contribution is -0.334. The topological polar surface area (TPSA) is 244 Å². The van der Waals surface area contributed by atoms with Crippen LogP contribution in [0, 0.1) is 52.3 Å². The molecule has 5 fully saturated rings. The van der Waals surface area contributed by atoms with E-state index in [0.717, 1.165) is 0 Å². The molecule has 15 heteroatoms. The van der Waals surface area contributed by atoms with E-state index in [0.29, 0.717) is 32.1 Å². The van der Waals surface area contributed by atoms with Gasteiger partial charge in [-0.05, 0) is 72.5 Å². The first-order chi connectivity index (χ1) is 22.2. The Morgan fingerprint density at radius 1 is 0.854 bits per heavy atom. The molecule has 0 spiro atoms. The number of aliphatic hydroxyl groups is 8. The third-order valence-corrected chi connectivity index (χ3v) is 13.5. The Morgan fingerprint density at radius 3 is 2.10 bits per heavy atom. The summed E-state index contributed by atoms with van der Waals surface area (Å²) in [5.41, 5.74) is -2.47. The molecule has 0 aromatic heterocycles. The summed E-state index contributed by atoms with van der Waals surface area (Å²) in [5, 5.41) is 88.1. The van der Waals surface area contributed by atoms with Gasteiger partial charge in [-0.3, -0.25) is 4.55 Å². The smallest absolute Gasteiger partial charge is 0.393 e. The molecule has 5 rings (SSSR count). The minimum atomic E-state index is -5.06. The van der Waals surface area contributed by atoms with E-state index in [1.165, 1.54) is 0 Å². The molecule has 1 saturated heterocycles. The maximum Gasteiger partial charge on any atom is 0.399 e. The molecular formula is C33H56O14S. The minimum absolute atomic E-state index is 0.0143. The number of allylic oxidation sites excluding steroid dienone is 1. The number of aliphatic hydroxyl groups excluding tert-OH is 7. The van der Waals surface area contributed by atoms with Crippen molar-refractivity contribution in [2.45, 2.75) is 134 Å². The second kappa shape index (κ2) is 13.6. The van der Waals surface area contributed by atoms with Gasteiger partial charge in [0.05, 0.1) is 36.6 Å². The second-order valence-corrected chi connectivity index (χ2v) is 17.3. The Balaban J connectivity index is 1.31. The Hall–Kier alpha value is -0.790. The molecule has 0 bridgehead atoms. The summed E-state index contributed by atoms with van der Waals surface area (Å²) in [7, 11) is -5.06. The average Bonchev–Trinajstić information content (AvgIpc) is 3.18. The van der Waals surface area contributed by atoms with E-state index in [4.69, 9.17) is 14.0 Å². The van der Waals surface area contributed by atoms with Gasteiger partial charge in [-0.2, -0.15) is 8.42 Å². The Bertz CT molecular complexity index is 1280. The van der Waals surface area contributed by atoms with Gasteiger partial charge in [-0.25, -0.2) is 4.18 Å². The number of fused-ring (bicyclic) bond motifs is 5. The van der Waals surface area contributed by atoms with Gasteiger partial charge in [0.2, 0.25) is 6.29 Å². The predicted molar refractivity (Wildman–Crippen MR) is 169 cm³/mol. The maximum atomic E-state index is 12.5. The van der Waals surface area contributed by atoms with Crippen LogP contribution < -0.4 is 0 Å². The lowest BCUT2D eigenvalue weighted by Crippen LogP contribution is -2.68. The van der Waals surface area contributed by atoms with Gasteiger partial charge in [-0.15, -0.1) is 0 Å². The first-order valence-electron chi connectivity index (χ1n) is 17.3. The summed E-state index contributed by atoms with van der Waals surface area (Å²) in [5.74, 6) is -2.03. The first-order valence-corrected chi connectivity index (χ1v) is 18.6. The van der Waals surface area contributed by atoms with Crippen molar-refractivity contribution in [1.29, 1.82) is 0 Å². The summed E-state index contributed by atoms with van der Waals surface area (Å²) in [6, 6.07) is 0. The minimum Gasteiger partial charge on any atom is -0.393 e. The predicted octanol–water partition coefficient (Wildman–Crippen LogP) is 0.0991. The molecule has 4 saturated carbocycles. The molecule has 9 N–H and O–H groups in total. The summed E-state index contributed by atoms with van der Waals surface area (Å²) in [6.45, 7) is 9.85. The molecule has 0 aromatic rings. The molecule has 5 aliphatic rings. The van der Waals surface area contributed by atoms with Gasteiger partial charge in [0.15, 0.2) is 6.29 Å². The van der Waals surface area contributed by atoms with Crippen molar-refractivity contribution in [2.24, 2.45) is 52.3 Å². The number of hydrogen-bond donors (Lipinski definition) is 9. The normalized spacial score (nSPS) is 50.9. The Kier molecular flexibility index (Phi) is 10.9. The summed E-state index contributed by atoms with van der Waals surface area (Å²) in [6.07, 6.45) is -5.92. The van der Waals surface area contributed by atoms with Crippen LogP contribution in [-0.2, 0) is 24.1 Å². The van der Waals surface area contributed by atoms with Crippen LogP contribution >= 0.6 is 0 Å². The fraction of sp³-hybridized carbons (Fsp3) is 0.939. The fourth-order valence-corrected chi connectivity index (χ4v) is 11.1. The zero-order valence-corrected chi connectivity index (χ0v) is 29.1. The molecule has 14 nitrogen and oxygen atoms in total. The van der Waals surface area contributed by atoms with Crippen molar-refractivity contribution in [3.8, 4) is 0 Å². The van der Waals surface area contributed by atoms with E-state index >= 15 is 0 Å². The van der Waals surface area contributed by atoms with Crippen LogP contribution in [0.25, 0.3) is 0 Å². The Labute approximate surface area is 282 Å². The molecule has 278 valence electrons. The number of ether oxygens (including phenoxy) is 2. The number of rotatable bonds is 9. The van der Waals surface area contributed by atoms with Crippen molar-refractivity contribution in [2.75, 3.05) is 6.61 Å². The standard InChI is InChI=1S/C33H56O14S/c1-15(2)17(14-45-29-26(39)24(37)27(40)30(46-29)47-48(42,43)44)7-6-16(3)22-23(36)25(38)28-32(22,5)11-9-21-31(4)10-8-18(34)12-19(31)20(35)13-33(21,28)41/h6-7,15-30,34-41H,8-14H2,1-5H3,(H,42,43,44). The van der Waals surface area contributed by atoms with Crippen LogP contribution in [-0.4, -0.2) is 121 Å². The maximum absolute atomic E-state index is 12.5. The van der Waals surface area contributed by atoms with Crippen LogP contribution in [0.4, 0.5) is 0 Å². The highest BCUT2D eigenvalue weighted by molar-refractivity contribution is 7.80. The van der Waals surface area contributed by atoms with Gasteiger partial charge < -0.3 is 50.3 Å². The Morgan fingerprint density at radius 2 is 1.48 bits per heavy atom. The summed E-state index contributed by atoms with van der Waals surface area (Å²) < 4.78 is 46.6. The number of hydrogen-bond acceptors (Lipinski definition) is 13. The van der Waals surface area contributed by atoms with Crippen LogP contribution in [0.3, 0.4) is 0 Å². The monoisotopic (exact) mass is 708 g/mol. The molecular weight excluding hydrogens is 652 g/mol. The van der Waals surface area contributed by atoms with Crippen molar-refractivity contribution < 1.29 is 67.5 Å². The fourth-order valence-electron chi connectivity index (χ4n) is 10.7. The van der Waals surface area contributed by atoms with Crippen LogP contribution in [0.15, 0.2) is 12.2 Å². The second-order valence-electron chi connectivity index (χ2n) is 16.2. The van der Waals surface area contributed by atoms with E-state index in [2.05, 4.69) is 11.1 Å². The zero-order chi connectivity index (χ0) is 35.7. The molecule has 18 unspecified atom stereocenters. The molecule has 1 aliphatic heterocycles. The average molecular weight is 709 g/mol.